The van der Waals surface area contributed by atoms with E-state index in [1.54, 1.807) is 12.1 Å². The van der Waals surface area contributed by atoms with E-state index < -0.39 is 0 Å². The molecule has 0 amide bonds. The Morgan fingerprint density at radius 1 is 1.27 bits per heavy atom. The number of halogens is 2. The van der Waals surface area contributed by atoms with E-state index in [0.29, 0.717) is 0 Å². The van der Waals surface area contributed by atoms with Crippen molar-refractivity contribution in [2.24, 2.45) is 11.7 Å². The molecule has 1 aliphatic carbocycles. The highest BCUT2D eigenvalue weighted by Gasteiger charge is 2.20. The van der Waals surface area contributed by atoms with Gasteiger partial charge in [-0.2, -0.15) is 0 Å². The molecule has 15 heavy (non-hydrogen) atoms. The fourth-order valence-electron chi connectivity index (χ4n) is 1.93. The van der Waals surface area contributed by atoms with Crippen molar-refractivity contribution in [2.45, 2.75) is 31.7 Å². The van der Waals surface area contributed by atoms with Crippen molar-refractivity contribution in [3.8, 4) is 0 Å². The lowest BCUT2D eigenvalue weighted by atomic mass is 9.80. The normalized spacial score (nSPS) is 17.7. The third-order valence-electron chi connectivity index (χ3n) is 3.11. The summed E-state index contributed by atoms with van der Waals surface area (Å²) in [5, 5.41) is 0. The minimum Gasteiger partial charge on any atom is -0.324 e. The number of nitrogens with two attached hydrogens (primary N) is 1. The molecule has 0 spiro atoms. The lowest BCUT2D eigenvalue weighted by molar-refractivity contribution is 0.277. The van der Waals surface area contributed by atoms with Gasteiger partial charge in [-0.05, 0) is 30.0 Å². The molecule has 1 aromatic rings. The third kappa shape index (κ3) is 3.18. The molecular formula is C12H17ClFN. The zero-order valence-electron chi connectivity index (χ0n) is 8.66. The van der Waals surface area contributed by atoms with Crippen LogP contribution >= 0.6 is 12.4 Å². The van der Waals surface area contributed by atoms with Gasteiger partial charge in [0.2, 0.25) is 0 Å². The molecule has 1 unspecified atom stereocenters. The lowest BCUT2D eigenvalue weighted by Crippen LogP contribution is -2.20. The molecule has 0 heterocycles. The third-order valence-corrected chi connectivity index (χ3v) is 3.11. The van der Waals surface area contributed by atoms with Gasteiger partial charge in [-0.3, -0.25) is 0 Å². The Bertz CT molecular complexity index is 295. The van der Waals surface area contributed by atoms with E-state index in [4.69, 9.17) is 5.73 Å². The second-order valence-electron chi connectivity index (χ2n) is 4.19. The van der Waals surface area contributed by atoms with E-state index in [2.05, 4.69) is 0 Å². The van der Waals surface area contributed by atoms with E-state index in [0.717, 1.165) is 17.9 Å². The predicted octanol–water partition coefficient (Wildman–Crippen LogP) is 3.44. The van der Waals surface area contributed by atoms with Crippen LogP contribution in [0.3, 0.4) is 0 Å². The first-order chi connectivity index (χ1) is 6.75. The number of hydrogen-bond donors (Lipinski definition) is 1. The topological polar surface area (TPSA) is 26.0 Å². The summed E-state index contributed by atoms with van der Waals surface area (Å²) in [6.45, 7) is 0. The average molecular weight is 230 g/mol. The highest BCUT2D eigenvalue weighted by Crippen LogP contribution is 2.33. The van der Waals surface area contributed by atoms with Crippen molar-refractivity contribution in [2.75, 3.05) is 0 Å². The van der Waals surface area contributed by atoms with Crippen LogP contribution in [0.4, 0.5) is 4.39 Å². The van der Waals surface area contributed by atoms with E-state index >= 15 is 0 Å². The van der Waals surface area contributed by atoms with Gasteiger partial charge in [-0.15, -0.1) is 12.4 Å². The Labute approximate surface area is 96.3 Å². The molecule has 3 heteroatoms. The molecule has 1 saturated carbocycles. The monoisotopic (exact) mass is 229 g/mol. The van der Waals surface area contributed by atoms with Crippen molar-refractivity contribution in [1.82, 2.24) is 0 Å². The minimum atomic E-state index is -0.190. The fraction of sp³-hybridized carbons (Fsp3) is 0.500. The standard InChI is InChI=1S/C12H16FN.ClH/c13-11-6-4-10(5-7-11)12(14)8-9-2-1-3-9;/h4-7,9,12H,1-3,8,14H2;1H. The maximum Gasteiger partial charge on any atom is 0.123 e. The van der Waals surface area contributed by atoms with Crippen molar-refractivity contribution < 1.29 is 4.39 Å². The Morgan fingerprint density at radius 3 is 2.33 bits per heavy atom. The van der Waals surface area contributed by atoms with Gasteiger partial charge < -0.3 is 5.73 Å². The molecule has 1 nitrogen and oxygen atoms in total. The Hall–Kier alpha value is -0.600. The summed E-state index contributed by atoms with van der Waals surface area (Å²) in [7, 11) is 0. The van der Waals surface area contributed by atoms with Crippen LogP contribution in [0, 0.1) is 11.7 Å². The summed E-state index contributed by atoms with van der Waals surface area (Å²) in [5.41, 5.74) is 7.09. The van der Waals surface area contributed by atoms with Crippen molar-refractivity contribution in [1.29, 1.82) is 0 Å². The van der Waals surface area contributed by atoms with Gasteiger partial charge in [-0.1, -0.05) is 31.4 Å². The van der Waals surface area contributed by atoms with Crippen LogP contribution in [0.15, 0.2) is 24.3 Å². The Balaban J connectivity index is 0.00000112. The molecule has 1 aromatic carbocycles. The van der Waals surface area contributed by atoms with E-state index in [1.165, 1.54) is 31.4 Å². The van der Waals surface area contributed by atoms with E-state index in [1.807, 2.05) is 0 Å². The van der Waals surface area contributed by atoms with Crippen molar-refractivity contribution >= 4 is 12.4 Å². The van der Waals surface area contributed by atoms with Gasteiger partial charge in [0, 0.05) is 6.04 Å². The van der Waals surface area contributed by atoms with Crippen LogP contribution in [-0.2, 0) is 0 Å². The summed E-state index contributed by atoms with van der Waals surface area (Å²) >= 11 is 0. The zero-order valence-corrected chi connectivity index (χ0v) is 9.47. The van der Waals surface area contributed by atoms with Gasteiger partial charge in [0.05, 0.1) is 0 Å². The second-order valence-corrected chi connectivity index (χ2v) is 4.19. The summed E-state index contributed by atoms with van der Waals surface area (Å²) in [4.78, 5) is 0. The summed E-state index contributed by atoms with van der Waals surface area (Å²) in [5.74, 6) is 0.611. The number of hydrogen-bond acceptors (Lipinski definition) is 1. The number of benzene rings is 1. The predicted molar refractivity (Wildman–Crippen MR) is 62.5 cm³/mol. The highest BCUT2D eigenvalue weighted by atomic mass is 35.5. The molecule has 1 aliphatic rings. The first-order valence-corrected chi connectivity index (χ1v) is 5.27. The molecule has 1 atom stereocenters. The largest absolute Gasteiger partial charge is 0.324 e. The summed E-state index contributed by atoms with van der Waals surface area (Å²) in [6, 6.07) is 6.63. The molecule has 0 saturated heterocycles. The molecule has 0 aliphatic heterocycles. The molecule has 1 fully saturated rings. The van der Waals surface area contributed by atoms with Crippen LogP contribution in [0.5, 0.6) is 0 Å². The van der Waals surface area contributed by atoms with Crippen molar-refractivity contribution in [3.63, 3.8) is 0 Å². The van der Waals surface area contributed by atoms with E-state index in [-0.39, 0.29) is 24.3 Å². The quantitative estimate of drug-likeness (QED) is 0.844. The second kappa shape index (κ2) is 5.47. The maximum atomic E-state index is 12.6. The number of rotatable bonds is 3. The van der Waals surface area contributed by atoms with E-state index in [9.17, 15) is 4.39 Å². The first kappa shape index (κ1) is 12.5. The highest BCUT2D eigenvalue weighted by molar-refractivity contribution is 5.85. The molecular weight excluding hydrogens is 213 g/mol. The summed E-state index contributed by atoms with van der Waals surface area (Å²) in [6.07, 6.45) is 5.02. The lowest BCUT2D eigenvalue weighted by Gasteiger charge is -2.28. The smallest absolute Gasteiger partial charge is 0.123 e. The minimum absolute atomic E-state index is 0. The SMILES string of the molecule is Cl.NC(CC1CCC1)c1ccc(F)cc1. The Morgan fingerprint density at radius 2 is 1.87 bits per heavy atom. The fourth-order valence-corrected chi connectivity index (χ4v) is 1.93. The molecule has 2 N–H and O–H groups in total. The van der Waals surface area contributed by atoms with Gasteiger partial charge >= 0.3 is 0 Å². The van der Waals surface area contributed by atoms with Gasteiger partial charge in [0.1, 0.15) is 5.82 Å². The first-order valence-electron chi connectivity index (χ1n) is 5.27. The van der Waals surface area contributed by atoms with Crippen LogP contribution in [-0.4, -0.2) is 0 Å². The molecule has 0 aromatic heterocycles. The maximum absolute atomic E-state index is 12.6. The molecule has 0 radical (unpaired) electrons. The van der Waals surface area contributed by atoms with Crippen molar-refractivity contribution in [3.05, 3.63) is 35.6 Å². The van der Waals surface area contributed by atoms with Crippen LogP contribution < -0.4 is 5.73 Å². The van der Waals surface area contributed by atoms with Gasteiger partial charge in [-0.25, -0.2) is 4.39 Å². The Kier molecular flexibility index (Phi) is 4.55. The average Bonchev–Trinajstić information content (AvgIpc) is 2.12. The van der Waals surface area contributed by atoms with Crippen LogP contribution in [0.1, 0.15) is 37.3 Å². The summed E-state index contributed by atoms with van der Waals surface area (Å²) < 4.78 is 12.6. The molecule has 84 valence electrons. The van der Waals surface area contributed by atoms with Gasteiger partial charge in [0.15, 0.2) is 0 Å². The zero-order chi connectivity index (χ0) is 9.97. The van der Waals surface area contributed by atoms with Crippen LogP contribution in [0.2, 0.25) is 0 Å². The molecule has 0 bridgehead atoms. The molecule has 2 rings (SSSR count). The van der Waals surface area contributed by atoms with Crippen LogP contribution in [0.25, 0.3) is 0 Å². The van der Waals surface area contributed by atoms with Gasteiger partial charge in [0.25, 0.3) is 0 Å².